The predicted octanol–water partition coefficient (Wildman–Crippen LogP) is 4.23. The van der Waals surface area contributed by atoms with E-state index in [4.69, 9.17) is 22.1 Å². The Morgan fingerprint density at radius 3 is 2.48 bits per heavy atom. The smallest absolute Gasteiger partial charge is 0.340 e. The molecule has 0 amide bonds. The number of hydrogen-bond donors (Lipinski definition) is 2. The van der Waals surface area contributed by atoms with Crippen LogP contribution in [0, 0.1) is 0 Å². The third-order valence-corrected chi connectivity index (χ3v) is 2.98. The van der Waals surface area contributed by atoms with Crippen LogP contribution < -0.4 is 11.1 Å². The molecule has 2 aromatic carbocycles. The van der Waals surface area contributed by atoms with E-state index < -0.39 is 5.97 Å². The maximum atomic E-state index is 12.1. The Balaban J connectivity index is 2.30. The molecule has 2 rings (SSSR count). The van der Waals surface area contributed by atoms with Crippen molar-refractivity contribution in [3.05, 3.63) is 53.1 Å². The molecule has 0 unspecified atom stereocenters. The fourth-order valence-corrected chi connectivity index (χ4v) is 1.93. The van der Waals surface area contributed by atoms with Gasteiger partial charge in [-0.3, -0.25) is 0 Å². The van der Waals surface area contributed by atoms with Crippen LogP contribution in [0.4, 0.5) is 17.1 Å². The lowest BCUT2D eigenvalue weighted by atomic mass is 10.1. The Morgan fingerprint density at radius 2 is 1.86 bits per heavy atom. The summed E-state index contributed by atoms with van der Waals surface area (Å²) < 4.78 is 5.23. The third kappa shape index (κ3) is 4.13. The zero-order valence-corrected chi connectivity index (χ0v) is 12.6. The predicted molar refractivity (Wildman–Crippen MR) is 86.1 cm³/mol. The standard InChI is InChI=1S/C16H17ClN2O2/c1-10(2)21-16(20)14-9-12(18)5-8-15(14)19-13-6-3-11(17)4-7-13/h3-10,19H,18H2,1-2H3. The Labute approximate surface area is 128 Å². The quantitative estimate of drug-likeness (QED) is 0.655. The van der Waals surface area contributed by atoms with E-state index >= 15 is 0 Å². The molecule has 0 aromatic heterocycles. The molecule has 3 N–H and O–H groups in total. The van der Waals surface area contributed by atoms with Gasteiger partial charge < -0.3 is 15.8 Å². The Hall–Kier alpha value is -2.20. The summed E-state index contributed by atoms with van der Waals surface area (Å²) in [6, 6.07) is 12.3. The van der Waals surface area contributed by atoms with Gasteiger partial charge in [-0.05, 0) is 56.3 Å². The second-order valence-corrected chi connectivity index (χ2v) is 5.33. The van der Waals surface area contributed by atoms with E-state index in [1.54, 1.807) is 44.2 Å². The maximum Gasteiger partial charge on any atom is 0.340 e. The number of nitrogen functional groups attached to an aromatic ring is 1. The minimum atomic E-state index is -0.409. The zero-order chi connectivity index (χ0) is 15.4. The number of nitrogens with two attached hydrogens (primary N) is 1. The molecule has 110 valence electrons. The van der Waals surface area contributed by atoms with E-state index in [2.05, 4.69) is 5.32 Å². The molecule has 0 fully saturated rings. The van der Waals surface area contributed by atoms with Crippen molar-refractivity contribution in [1.29, 1.82) is 0 Å². The van der Waals surface area contributed by atoms with Crippen molar-refractivity contribution >= 4 is 34.6 Å². The van der Waals surface area contributed by atoms with E-state index in [1.165, 1.54) is 0 Å². The molecule has 21 heavy (non-hydrogen) atoms. The van der Waals surface area contributed by atoms with Crippen LogP contribution in [0.25, 0.3) is 0 Å². The second-order valence-electron chi connectivity index (χ2n) is 4.89. The summed E-state index contributed by atoms with van der Waals surface area (Å²) in [4.78, 5) is 12.1. The molecule has 0 atom stereocenters. The van der Waals surface area contributed by atoms with E-state index in [-0.39, 0.29) is 6.10 Å². The molecule has 0 radical (unpaired) electrons. The van der Waals surface area contributed by atoms with Crippen molar-refractivity contribution in [3.8, 4) is 0 Å². The minimum absolute atomic E-state index is 0.192. The zero-order valence-electron chi connectivity index (χ0n) is 11.9. The summed E-state index contributed by atoms with van der Waals surface area (Å²) >= 11 is 5.86. The van der Waals surface area contributed by atoms with Crippen LogP contribution in [0.5, 0.6) is 0 Å². The van der Waals surface area contributed by atoms with Gasteiger partial charge in [0, 0.05) is 16.4 Å². The Morgan fingerprint density at radius 1 is 1.19 bits per heavy atom. The summed E-state index contributed by atoms with van der Waals surface area (Å²) in [7, 11) is 0. The largest absolute Gasteiger partial charge is 0.459 e. The summed E-state index contributed by atoms with van der Waals surface area (Å²) in [5.74, 6) is -0.409. The van der Waals surface area contributed by atoms with Crippen molar-refractivity contribution in [2.75, 3.05) is 11.1 Å². The van der Waals surface area contributed by atoms with Gasteiger partial charge in [-0.2, -0.15) is 0 Å². The lowest BCUT2D eigenvalue weighted by molar-refractivity contribution is 0.0379. The number of ether oxygens (including phenoxy) is 1. The molecule has 0 spiro atoms. The maximum absolute atomic E-state index is 12.1. The number of esters is 1. The third-order valence-electron chi connectivity index (χ3n) is 2.73. The summed E-state index contributed by atoms with van der Waals surface area (Å²) in [6.45, 7) is 3.60. The van der Waals surface area contributed by atoms with Crippen LogP contribution in [-0.2, 0) is 4.74 Å². The van der Waals surface area contributed by atoms with Gasteiger partial charge in [-0.1, -0.05) is 11.6 Å². The van der Waals surface area contributed by atoms with Gasteiger partial charge in [0.1, 0.15) is 0 Å². The highest BCUT2D eigenvalue weighted by molar-refractivity contribution is 6.30. The van der Waals surface area contributed by atoms with Crippen LogP contribution in [0.2, 0.25) is 5.02 Å². The number of anilines is 3. The Kier molecular flexibility index (Phi) is 4.70. The van der Waals surface area contributed by atoms with Gasteiger partial charge >= 0.3 is 5.97 Å². The molecule has 0 aliphatic carbocycles. The number of halogens is 1. The normalized spacial score (nSPS) is 10.5. The van der Waals surface area contributed by atoms with Gasteiger partial charge in [0.05, 0.1) is 17.4 Å². The van der Waals surface area contributed by atoms with Crippen LogP contribution >= 0.6 is 11.6 Å². The lowest BCUT2D eigenvalue weighted by Gasteiger charge is -2.14. The topological polar surface area (TPSA) is 64.3 Å². The molecular formula is C16H17ClN2O2. The summed E-state index contributed by atoms with van der Waals surface area (Å²) in [5.41, 5.74) is 8.12. The van der Waals surface area contributed by atoms with E-state index in [0.717, 1.165) is 5.69 Å². The van der Waals surface area contributed by atoms with Gasteiger partial charge in [-0.15, -0.1) is 0 Å². The first-order valence-corrected chi connectivity index (χ1v) is 6.96. The van der Waals surface area contributed by atoms with Crippen molar-refractivity contribution in [3.63, 3.8) is 0 Å². The number of nitrogens with one attached hydrogen (secondary N) is 1. The van der Waals surface area contributed by atoms with Gasteiger partial charge in [0.15, 0.2) is 0 Å². The van der Waals surface area contributed by atoms with Crippen molar-refractivity contribution in [2.24, 2.45) is 0 Å². The lowest BCUT2D eigenvalue weighted by Crippen LogP contribution is -2.13. The van der Waals surface area contributed by atoms with Crippen LogP contribution in [-0.4, -0.2) is 12.1 Å². The number of hydrogen-bond acceptors (Lipinski definition) is 4. The molecule has 0 saturated heterocycles. The van der Waals surface area contributed by atoms with Gasteiger partial charge in [0.25, 0.3) is 0 Å². The van der Waals surface area contributed by atoms with Crippen molar-refractivity contribution in [2.45, 2.75) is 20.0 Å². The molecule has 5 heteroatoms. The summed E-state index contributed by atoms with van der Waals surface area (Å²) in [6.07, 6.45) is -0.192. The highest BCUT2D eigenvalue weighted by Crippen LogP contribution is 2.25. The SMILES string of the molecule is CC(C)OC(=O)c1cc(N)ccc1Nc1ccc(Cl)cc1. The second kappa shape index (κ2) is 6.50. The van der Waals surface area contributed by atoms with Crippen molar-refractivity contribution in [1.82, 2.24) is 0 Å². The van der Waals surface area contributed by atoms with E-state index in [9.17, 15) is 4.79 Å². The number of carbonyl (C=O) groups is 1. The first kappa shape index (κ1) is 15.2. The van der Waals surface area contributed by atoms with Crippen LogP contribution in [0.1, 0.15) is 24.2 Å². The summed E-state index contributed by atoms with van der Waals surface area (Å²) in [5, 5.41) is 3.82. The minimum Gasteiger partial charge on any atom is -0.459 e. The number of benzene rings is 2. The fraction of sp³-hybridized carbons (Fsp3) is 0.188. The highest BCUT2D eigenvalue weighted by Gasteiger charge is 2.15. The average Bonchev–Trinajstić information content (AvgIpc) is 2.42. The monoisotopic (exact) mass is 304 g/mol. The van der Waals surface area contributed by atoms with Crippen LogP contribution in [0.3, 0.4) is 0 Å². The molecular weight excluding hydrogens is 288 g/mol. The van der Waals surface area contributed by atoms with Crippen LogP contribution in [0.15, 0.2) is 42.5 Å². The molecule has 0 aliphatic rings. The average molecular weight is 305 g/mol. The molecule has 0 saturated carbocycles. The number of carbonyl (C=O) groups excluding carboxylic acids is 1. The molecule has 2 aromatic rings. The molecule has 4 nitrogen and oxygen atoms in total. The van der Waals surface area contributed by atoms with Gasteiger partial charge in [0.2, 0.25) is 0 Å². The van der Waals surface area contributed by atoms with Crippen molar-refractivity contribution < 1.29 is 9.53 Å². The fourth-order valence-electron chi connectivity index (χ4n) is 1.81. The molecule has 0 heterocycles. The number of rotatable bonds is 4. The van der Waals surface area contributed by atoms with Gasteiger partial charge in [-0.25, -0.2) is 4.79 Å². The first-order valence-electron chi connectivity index (χ1n) is 6.59. The molecule has 0 bridgehead atoms. The van der Waals surface area contributed by atoms with E-state index in [1.807, 2.05) is 12.1 Å². The highest BCUT2D eigenvalue weighted by atomic mass is 35.5. The van der Waals surface area contributed by atoms with E-state index in [0.29, 0.717) is 22.0 Å². The Bertz CT molecular complexity index is 639. The molecule has 0 aliphatic heterocycles. The first-order chi connectivity index (χ1) is 9.95.